The van der Waals surface area contributed by atoms with E-state index in [0.29, 0.717) is 0 Å². The lowest BCUT2D eigenvalue weighted by molar-refractivity contribution is 0.231. The lowest BCUT2D eigenvalue weighted by Crippen LogP contribution is -2.12. The van der Waals surface area contributed by atoms with Crippen LogP contribution in [0.25, 0.3) is 0 Å². The van der Waals surface area contributed by atoms with E-state index in [1.807, 2.05) is 0 Å². The van der Waals surface area contributed by atoms with Crippen LogP contribution in [-0.2, 0) is 18.8 Å². The molecule has 0 aliphatic rings. The van der Waals surface area contributed by atoms with Crippen molar-refractivity contribution in [1.29, 1.82) is 0 Å². The first-order valence-electron chi connectivity index (χ1n) is 5.28. The monoisotopic (exact) mass is 258 g/mol. The second-order valence-electron chi connectivity index (χ2n) is 2.57. The molecule has 0 aromatic heterocycles. The zero-order chi connectivity index (χ0) is 12.2. The normalized spacial score (nSPS) is 10.0. The van der Waals surface area contributed by atoms with E-state index >= 15 is 0 Å². The van der Waals surface area contributed by atoms with E-state index in [9.17, 15) is 8.42 Å². The van der Waals surface area contributed by atoms with Crippen molar-refractivity contribution in [1.82, 2.24) is 11.5 Å². The molecule has 0 aromatic rings. The standard InChI is InChI=1S/C5H13N.C4H10O4S.H3N/c1-3-5-6-4-2;1-3-7-9(5,6)8-4-2;/h6H,3-5H2,1-2H3;3-4H2,1-2H3;1H3. The Kier molecular flexibility index (Phi) is 19.5. The van der Waals surface area contributed by atoms with E-state index in [1.54, 1.807) is 13.8 Å². The lowest BCUT2D eigenvalue weighted by atomic mass is 10.5. The third-order valence-electron chi connectivity index (χ3n) is 1.20. The lowest BCUT2D eigenvalue weighted by Gasteiger charge is -1.99. The Morgan fingerprint density at radius 2 is 1.44 bits per heavy atom. The number of nitrogens with one attached hydrogen (secondary N) is 1. The van der Waals surface area contributed by atoms with Crippen LogP contribution in [0.2, 0.25) is 0 Å². The van der Waals surface area contributed by atoms with Gasteiger partial charge < -0.3 is 11.5 Å². The second-order valence-corrected chi connectivity index (χ2v) is 3.86. The molecule has 0 radical (unpaired) electrons. The average Bonchev–Trinajstić information content (AvgIpc) is 2.15. The van der Waals surface area contributed by atoms with Gasteiger partial charge in [-0.1, -0.05) is 13.8 Å². The number of hydrogen-bond acceptors (Lipinski definition) is 6. The van der Waals surface area contributed by atoms with Crippen molar-refractivity contribution >= 4 is 10.4 Å². The maximum absolute atomic E-state index is 10.4. The van der Waals surface area contributed by atoms with Crippen molar-refractivity contribution in [3.8, 4) is 0 Å². The first kappa shape index (κ1) is 21.1. The van der Waals surface area contributed by atoms with Gasteiger partial charge in [0.2, 0.25) is 0 Å². The minimum Gasteiger partial charge on any atom is -0.344 e. The Bertz CT molecular complexity index is 192. The van der Waals surface area contributed by atoms with Gasteiger partial charge in [-0.2, -0.15) is 8.42 Å². The molecule has 0 aromatic carbocycles. The molecule has 0 saturated heterocycles. The van der Waals surface area contributed by atoms with Gasteiger partial charge in [0.15, 0.2) is 0 Å². The van der Waals surface area contributed by atoms with Crippen LogP contribution in [0.5, 0.6) is 0 Å². The fourth-order valence-corrected chi connectivity index (χ4v) is 1.32. The Morgan fingerprint density at radius 3 is 1.62 bits per heavy atom. The molecular weight excluding hydrogens is 232 g/mol. The van der Waals surface area contributed by atoms with E-state index < -0.39 is 10.4 Å². The molecule has 0 aliphatic heterocycles. The molecular formula is C9H26N2O4S. The fourth-order valence-electron chi connectivity index (χ4n) is 0.676. The molecule has 0 unspecified atom stereocenters. The molecule has 0 aliphatic carbocycles. The highest BCUT2D eigenvalue weighted by atomic mass is 32.3. The molecule has 0 fully saturated rings. The molecule has 0 heterocycles. The average molecular weight is 258 g/mol. The van der Waals surface area contributed by atoms with Crippen LogP contribution >= 0.6 is 0 Å². The van der Waals surface area contributed by atoms with Crippen LogP contribution < -0.4 is 11.5 Å². The molecule has 102 valence electrons. The van der Waals surface area contributed by atoms with E-state index in [0.717, 1.165) is 13.1 Å². The highest BCUT2D eigenvalue weighted by molar-refractivity contribution is 7.81. The van der Waals surface area contributed by atoms with E-state index in [4.69, 9.17) is 0 Å². The van der Waals surface area contributed by atoms with Gasteiger partial charge in [0.25, 0.3) is 0 Å². The van der Waals surface area contributed by atoms with Crippen molar-refractivity contribution in [3.05, 3.63) is 0 Å². The van der Waals surface area contributed by atoms with Gasteiger partial charge in [0.05, 0.1) is 13.2 Å². The summed E-state index contributed by atoms with van der Waals surface area (Å²) in [6, 6.07) is 0. The SMILES string of the molecule is CCCNCC.CCOS(=O)(=O)OCC.N. The Labute approximate surface area is 99.6 Å². The van der Waals surface area contributed by atoms with Crippen LogP contribution in [0.1, 0.15) is 34.1 Å². The predicted octanol–water partition coefficient (Wildman–Crippen LogP) is 1.47. The summed E-state index contributed by atoms with van der Waals surface area (Å²) >= 11 is 0. The van der Waals surface area contributed by atoms with Gasteiger partial charge in [0.1, 0.15) is 0 Å². The molecule has 0 amide bonds. The summed E-state index contributed by atoms with van der Waals surface area (Å²) in [4.78, 5) is 0. The Balaban J connectivity index is -0.000000214. The van der Waals surface area contributed by atoms with Gasteiger partial charge in [0, 0.05) is 0 Å². The van der Waals surface area contributed by atoms with Gasteiger partial charge in [-0.25, -0.2) is 8.37 Å². The van der Waals surface area contributed by atoms with Gasteiger partial charge in [-0.05, 0) is 33.4 Å². The van der Waals surface area contributed by atoms with Crippen molar-refractivity contribution in [2.24, 2.45) is 0 Å². The summed E-state index contributed by atoms with van der Waals surface area (Å²) in [6.07, 6.45) is 1.24. The first-order valence-corrected chi connectivity index (χ1v) is 6.61. The van der Waals surface area contributed by atoms with E-state index in [1.165, 1.54) is 6.42 Å². The molecule has 4 N–H and O–H groups in total. The molecule has 0 saturated carbocycles. The van der Waals surface area contributed by atoms with Gasteiger partial charge in [-0.3, -0.25) is 0 Å². The molecule has 7 heteroatoms. The number of rotatable bonds is 7. The molecule has 0 rings (SSSR count). The Morgan fingerprint density at radius 1 is 1.00 bits per heavy atom. The quantitative estimate of drug-likeness (QED) is 0.671. The summed E-state index contributed by atoms with van der Waals surface area (Å²) in [6.45, 7) is 9.94. The van der Waals surface area contributed by atoms with Crippen molar-refractivity contribution in [3.63, 3.8) is 0 Å². The third kappa shape index (κ3) is 19.4. The minimum atomic E-state index is -3.68. The highest BCUT2D eigenvalue weighted by Crippen LogP contribution is 1.93. The van der Waals surface area contributed by atoms with Crippen molar-refractivity contribution in [2.75, 3.05) is 26.3 Å². The van der Waals surface area contributed by atoms with Crippen molar-refractivity contribution in [2.45, 2.75) is 34.1 Å². The van der Waals surface area contributed by atoms with Crippen LogP contribution in [0.4, 0.5) is 0 Å². The minimum absolute atomic E-state index is 0. The fraction of sp³-hybridized carbons (Fsp3) is 1.00. The maximum atomic E-state index is 10.4. The largest absolute Gasteiger partial charge is 0.399 e. The van der Waals surface area contributed by atoms with E-state index in [-0.39, 0.29) is 19.4 Å². The number of hydrogen-bond donors (Lipinski definition) is 2. The molecule has 16 heavy (non-hydrogen) atoms. The first-order chi connectivity index (χ1) is 7.04. The third-order valence-corrected chi connectivity index (χ3v) is 2.25. The van der Waals surface area contributed by atoms with E-state index in [2.05, 4.69) is 27.5 Å². The summed E-state index contributed by atoms with van der Waals surface area (Å²) in [5, 5.41) is 3.20. The highest BCUT2D eigenvalue weighted by Gasteiger charge is 2.06. The molecule has 0 atom stereocenters. The Hall–Kier alpha value is -0.210. The molecule has 0 spiro atoms. The molecule has 6 nitrogen and oxygen atoms in total. The van der Waals surface area contributed by atoms with Gasteiger partial charge >= 0.3 is 10.4 Å². The van der Waals surface area contributed by atoms with Crippen LogP contribution in [0.15, 0.2) is 0 Å². The van der Waals surface area contributed by atoms with Crippen LogP contribution in [0.3, 0.4) is 0 Å². The zero-order valence-electron chi connectivity index (χ0n) is 10.8. The van der Waals surface area contributed by atoms with Crippen molar-refractivity contribution < 1.29 is 16.8 Å². The van der Waals surface area contributed by atoms with Crippen LogP contribution in [-0.4, -0.2) is 34.7 Å². The summed E-state index contributed by atoms with van der Waals surface area (Å²) < 4.78 is 29.2. The van der Waals surface area contributed by atoms with Crippen LogP contribution in [0, 0.1) is 0 Å². The summed E-state index contributed by atoms with van der Waals surface area (Å²) in [7, 11) is -3.68. The maximum Gasteiger partial charge on any atom is 0.399 e. The topological polar surface area (TPSA) is 99.6 Å². The smallest absolute Gasteiger partial charge is 0.344 e. The molecule has 0 bridgehead atoms. The zero-order valence-corrected chi connectivity index (χ0v) is 11.6. The summed E-state index contributed by atoms with van der Waals surface area (Å²) in [5.41, 5.74) is 0. The second kappa shape index (κ2) is 14.8. The summed E-state index contributed by atoms with van der Waals surface area (Å²) in [5.74, 6) is 0. The van der Waals surface area contributed by atoms with Gasteiger partial charge in [-0.15, -0.1) is 0 Å². The predicted molar refractivity (Wildman–Crippen MR) is 66.0 cm³/mol.